The minimum Gasteiger partial charge on any atom is -0.405 e. The molecule has 2 aromatic rings. The van der Waals surface area contributed by atoms with Crippen LogP contribution in [0.15, 0.2) is 60.7 Å². The van der Waals surface area contributed by atoms with Gasteiger partial charge in [0, 0.05) is 6.61 Å². The molecule has 0 aromatic heterocycles. The Hall–Kier alpha value is -1.50. The number of benzene rings is 2. The quantitative estimate of drug-likeness (QED) is 0.705. The third kappa shape index (κ3) is 4.65. The summed E-state index contributed by atoms with van der Waals surface area (Å²) in [6, 6.07) is 21.2. The molecule has 4 nitrogen and oxygen atoms in total. The number of aliphatic hydroxyl groups is 1. The molecule has 2 atom stereocenters. The lowest BCUT2D eigenvalue weighted by Gasteiger charge is -2.43. The van der Waals surface area contributed by atoms with E-state index >= 15 is 0 Å². The molecule has 5 heteroatoms. The Balaban J connectivity index is 2.00. The van der Waals surface area contributed by atoms with Crippen LogP contribution in [0.1, 0.15) is 41.0 Å². The Morgan fingerprint density at radius 2 is 1.38 bits per heavy atom. The van der Waals surface area contributed by atoms with Crippen LogP contribution in [0.2, 0.25) is 5.04 Å². The minimum atomic E-state index is -2.61. The number of hydrogen-bond acceptors (Lipinski definition) is 4. The maximum Gasteiger partial charge on any atom is 0.261 e. The van der Waals surface area contributed by atoms with Crippen LogP contribution >= 0.6 is 0 Å². The van der Waals surface area contributed by atoms with E-state index in [1.54, 1.807) is 0 Å². The lowest BCUT2D eigenvalue weighted by Crippen LogP contribution is -2.67. The van der Waals surface area contributed by atoms with Gasteiger partial charge in [0.25, 0.3) is 8.32 Å². The zero-order chi connectivity index (χ0) is 21.1. The average molecular weight is 415 g/mol. The van der Waals surface area contributed by atoms with Crippen LogP contribution < -0.4 is 10.4 Å². The van der Waals surface area contributed by atoms with E-state index in [1.807, 2.05) is 26.0 Å². The molecule has 1 N–H and O–H groups in total. The molecule has 0 saturated carbocycles. The number of aliphatic hydroxyl groups excluding tert-OH is 1. The van der Waals surface area contributed by atoms with Gasteiger partial charge < -0.3 is 19.0 Å². The van der Waals surface area contributed by atoms with Gasteiger partial charge in [0.1, 0.15) is 6.10 Å². The van der Waals surface area contributed by atoms with Crippen LogP contribution in [-0.4, -0.2) is 44.6 Å². The molecule has 0 bridgehead atoms. The predicted octanol–water partition coefficient (Wildman–Crippen LogP) is 3.47. The monoisotopic (exact) mass is 414 g/mol. The zero-order valence-electron chi connectivity index (χ0n) is 18.2. The Bertz CT molecular complexity index is 731. The summed E-state index contributed by atoms with van der Waals surface area (Å²) in [5.41, 5.74) is 0. The first-order valence-corrected chi connectivity index (χ1v) is 12.3. The number of hydrogen-bond donors (Lipinski definition) is 1. The smallest absolute Gasteiger partial charge is 0.261 e. The fraction of sp³-hybridized carbons (Fsp3) is 0.500. The van der Waals surface area contributed by atoms with Crippen molar-refractivity contribution in [2.75, 3.05) is 13.2 Å². The van der Waals surface area contributed by atoms with Gasteiger partial charge in [-0.25, -0.2) is 0 Å². The van der Waals surface area contributed by atoms with Crippen molar-refractivity contribution in [1.29, 1.82) is 0 Å². The molecule has 0 amide bonds. The van der Waals surface area contributed by atoms with Gasteiger partial charge in [-0.3, -0.25) is 0 Å². The summed E-state index contributed by atoms with van der Waals surface area (Å²) in [4.78, 5) is 0. The second-order valence-electron chi connectivity index (χ2n) is 9.20. The Kier molecular flexibility index (Phi) is 6.66. The van der Waals surface area contributed by atoms with Crippen molar-refractivity contribution in [3.05, 3.63) is 60.7 Å². The van der Waals surface area contributed by atoms with Gasteiger partial charge in [0.15, 0.2) is 5.79 Å². The number of rotatable bonds is 7. The van der Waals surface area contributed by atoms with E-state index < -0.39 is 14.1 Å². The van der Waals surface area contributed by atoms with Crippen molar-refractivity contribution in [1.82, 2.24) is 0 Å². The lowest BCUT2D eigenvalue weighted by atomic mass is 10.1. The van der Waals surface area contributed by atoms with Gasteiger partial charge in [-0.2, -0.15) is 0 Å². The summed E-state index contributed by atoms with van der Waals surface area (Å²) in [5, 5.41) is 11.9. The normalized spacial score (nSPS) is 22.0. The molecule has 1 aliphatic heterocycles. The first kappa shape index (κ1) is 22.2. The SMILES string of the molecule is CC1(C)O[C@H](CCO)[C@@H](CO[Si](c2ccccc2)(c2ccccc2)C(C)(C)C)O1. The largest absolute Gasteiger partial charge is 0.405 e. The molecule has 1 saturated heterocycles. The van der Waals surface area contributed by atoms with E-state index in [-0.39, 0.29) is 23.9 Å². The molecule has 29 heavy (non-hydrogen) atoms. The maximum atomic E-state index is 9.46. The van der Waals surface area contributed by atoms with Gasteiger partial charge in [-0.15, -0.1) is 0 Å². The summed E-state index contributed by atoms with van der Waals surface area (Å²) in [6.45, 7) is 11.1. The van der Waals surface area contributed by atoms with Gasteiger partial charge in [-0.1, -0.05) is 81.4 Å². The van der Waals surface area contributed by atoms with E-state index in [1.165, 1.54) is 10.4 Å². The fourth-order valence-electron chi connectivity index (χ4n) is 4.39. The highest BCUT2D eigenvalue weighted by molar-refractivity contribution is 6.99. The second-order valence-corrected chi connectivity index (χ2v) is 13.5. The van der Waals surface area contributed by atoms with E-state index in [0.717, 1.165) is 0 Å². The third-order valence-electron chi connectivity index (χ3n) is 5.58. The molecule has 0 unspecified atom stereocenters. The maximum absolute atomic E-state index is 9.46. The van der Waals surface area contributed by atoms with Crippen molar-refractivity contribution in [2.45, 2.75) is 64.1 Å². The summed E-state index contributed by atoms with van der Waals surface area (Å²) in [6.07, 6.45) is 0.157. The summed E-state index contributed by atoms with van der Waals surface area (Å²) < 4.78 is 19.1. The van der Waals surface area contributed by atoms with Crippen LogP contribution in [0, 0.1) is 0 Å². The van der Waals surface area contributed by atoms with Crippen LogP contribution in [0.3, 0.4) is 0 Å². The Labute approximate surface area is 176 Å². The highest BCUT2D eigenvalue weighted by Crippen LogP contribution is 2.38. The topological polar surface area (TPSA) is 47.9 Å². The van der Waals surface area contributed by atoms with E-state index in [9.17, 15) is 5.11 Å². The first-order chi connectivity index (χ1) is 13.7. The first-order valence-electron chi connectivity index (χ1n) is 10.4. The standard InChI is InChI=1S/C24H34O4Si/c1-23(2,3)29(19-12-8-6-9-13-19,20-14-10-7-11-15-20)26-18-22-21(16-17-25)27-24(4,5)28-22/h6-15,21-22,25H,16-18H2,1-5H3/t21-,22-/m1/s1. The van der Waals surface area contributed by atoms with E-state index in [2.05, 4.69) is 69.3 Å². The van der Waals surface area contributed by atoms with Gasteiger partial charge in [0.2, 0.25) is 0 Å². The van der Waals surface area contributed by atoms with Crippen molar-refractivity contribution < 1.29 is 19.0 Å². The summed E-state index contributed by atoms with van der Waals surface area (Å²) in [7, 11) is -2.61. The molecular formula is C24H34O4Si. The van der Waals surface area contributed by atoms with Crippen LogP contribution in [0.4, 0.5) is 0 Å². The average Bonchev–Trinajstić information content (AvgIpc) is 2.97. The van der Waals surface area contributed by atoms with Crippen molar-refractivity contribution in [3.8, 4) is 0 Å². The molecular weight excluding hydrogens is 380 g/mol. The van der Waals surface area contributed by atoms with E-state index in [4.69, 9.17) is 13.9 Å². The van der Waals surface area contributed by atoms with Crippen LogP contribution in [0.5, 0.6) is 0 Å². The molecule has 158 valence electrons. The molecule has 0 spiro atoms. The second kappa shape index (κ2) is 8.70. The van der Waals surface area contributed by atoms with E-state index in [0.29, 0.717) is 13.0 Å². The molecule has 3 rings (SSSR count). The summed E-state index contributed by atoms with van der Waals surface area (Å²) in [5.74, 6) is -0.667. The molecule has 2 aromatic carbocycles. The number of ether oxygens (including phenoxy) is 2. The zero-order valence-corrected chi connectivity index (χ0v) is 19.2. The third-order valence-corrected chi connectivity index (χ3v) is 10.6. The Morgan fingerprint density at radius 3 is 1.83 bits per heavy atom. The van der Waals surface area contributed by atoms with Crippen LogP contribution in [0.25, 0.3) is 0 Å². The lowest BCUT2D eigenvalue weighted by molar-refractivity contribution is -0.149. The molecule has 1 heterocycles. The summed E-state index contributed by atoms with van der Waals surface area (Å²) >= 11 is 0. The molecule has 0 radical (unpaired) electrons. The molecule has 1 fully saturated rings. The van der Waals surface area contributed by atoms with Gasteiger partial charge >= 0.3 is 0 Å². The Morgan fingerprint density at radius 1 is 0.897 bits per heavy atom. The van der Waals surface area contributed by atoms with Gasteiger partial charge in [-0.05, 0) is 35.7 Å². The van der Waals surface area contributed by atoms with Crippen molar-refractivity contribution in [2.24, 2.45) is 0 Å². The molecule has 1 aliphatic rings. The molecule has 0 aliphatic carbocycles. The predicted molar refractivity (Wildman–Crippen MR) is 119 cm³/mol. The van der Waals surface area contributed by atoms with Crippen LogP contribution in [-0.2, 0) is 13.9 Å². The highest BCUT2D eigenvalue weighted by Gasteiger charge is 2.51. The fourth-order valence-corrected chi connectivity index (χ4v) is 8.96. The van der Waals surface area contributed by atoms with Crippen molar-refractivity contribution >= 4 is 18.7 Å². The van der Waals surface area contributed by atoms with Crippen molar-refractivity contribution in [3.63, 3.8) is 0 Å². The van der Waals surface area contributed by atoms with Gasteiger partial charge in [0.05, 0.1) is 12.7 Å². The highest BCUT2D eigenvalue weighted by atomic mass is 28.4. The minimum absolute atomic E-state index is 0.0693.